The van der Waals surface area contributed by atoms with Gasteiger partial charge in [-0.1, -0.05) is 25.4 Å². The van der Waals surface area contributed by atoms with Gasteiger partial charge in [-0.15, -0.1) is 0 Å². The molecule has 0 aliphatic carbocycles. The van der Waals surface area contributed by atoms with Crippen molar-refractivity contribution in [3.63, 3.8) is 0 Å². The molecule has 0 saturated carbocycles. The molecule has 0 aliphatic heterocycles. The van der Waals surface area contributed by atoms with Crippen LogP contribution in [-0.4, -0.2) is 23.3 Å². The van der Waals surface area contributed by atoms with Gasteiger partial charge in [-0.2, -0.15) is 13.2 Å². The highest BCUT2D eigenvalue weighted by molar-refractivity contribution is 6.31. The largest absolute Gasteiger partial charge is 0.467 e. The lowest BCUT2D eigenvalue weighted by molar-refractivity contribution is -0.137. The third kappa shape index (κ3) is 6.30. The third-order valence-electron chi connectivity index (χ3n) is 3.75. The van der Waals surface area contributed by atoms with Gasteiger partial charge >= 0.3 is 6.18 Å². The average molecular weight is 417 g/mol. The Morgan fingerprint density at radius 1 is 1.25 bits per heavy atom. The topological polar surface area (TPSA) is 62.6 Å². The quantitative estimate of drug-likeness (QED) is 0.693. The van der Waals surface area contributed by atoms with Crippen molar-refractivity contribution < 1.29 is 27.2 Å². The van der Waals surface area contributed by atoms with Crippen LogP contribution in [0.1, 0.15) is 31.6 Å². The molecule has 1 heterocycles. The summed E-state index contributed by atoms with van der Waals surface area (Å²) in [5.41, 5.74) is -1.11. The van der Waals surface area contributed by atoms with E-state index in [0.717, 1.165) is 12.1 Å². The molecule has 0 spiro atoms. The number of halogens is 4. The standard InChI is InChI=1S/C19H20ClF3N2O3/c1-12(2)8-18(27)25(10-14-4-3-7-28-14)11-17(26)24-13-5-6-16(20)15(9-13)19(21,22)23/h3-7,9,12H,8,10-11H2,1-2H3,(H,24,26). The van der Waals surface area contributed by atoms with Gasteiger partial charge in [0.1, 0.15) is 12.3 Å². The van der Waals surface area contributed by atoms with Crippen LogP contribution in [0.4, 0.5) is 18.9 Å². The van der Waals surface area contributed by atoms with Crippen molar-refractivity contribution in [3.05, 3.63) is 52.9 Å². The third-order valence-corrected chi connectivity index (χ3v) is 4.08. The molecule has 28 heavy (non-hydrogen) atoms. The SMILES string of the molecule is CC(C)CC(=O)N(CC(=O)Nc1ccc(Cl)c(C(F)(F)F)c1)Cc1ccco1. The first kappa shape index (κ1) is 21.8. The molecule has 0 radical (unpaired) electrons. The Hall–Kier alpha value is -2.48. The normalized spacial score (nSPS) is 11.5. The number of nitrogens with one attached hydrogen (secondary N) is 1. The zero-order valence-corrected chi connectivity index (χ0v) is 16.1. The van der Waals surface area contributed by atoms with E-state index < -0.39 is 22.7 Å². The Labute approximate surface area is 165 Å². The summed E-state index contributed by atoms with van der Waals surface area (Å²) in [5, 5.41) is 1.92. The summed E-state index contributed by atoms with van der Waals surface area (Å²) in [4.78, 5) is 26.1. The first-order valence-electron chi connectivity index (χ1n) is 8.53. The minimum atomic E-state index is -4.64. The summed E-state index contributed by atoms with van der Waals surface area (Å²) in [7, 11) is 0. The smallest absolute Gasteiger partial charge is 0.417 e. The molecule has 2 amide bonds. The van der Waals surface area contributed by atoms with Gasteiger partial charge in [-0.05, 0) is 36.2 Å². The lowest BCUT2D eigenvalue weighted by Crippen LogP contribution is -2.38. The molecule has 9 heteroatoms. The maximum absolute atomic E-state index is 13.0. The van der Waals surface area contributed by atoms with E-state index in [-0.39, 0.29) is 37.0 Å². The zero-order chi connectivity index (χ0) is 20.9. The number of furan rings is 1. The van der Waals surface area contributed by atoms with E-state index in [9.17, 15) is 22.8 Å². The van der Waals surface area contributed by atoms with Crippen molar-refractivity contribution >= 4 is 29.1 Å². The number of carbonyl (C=O) groups is 2. The predicted molar refractivity (Wildman–Crippen MR) is 98.7 cm³/mol. The minimum Gasteiger partial charge on any atom is -0.467 e. The van der Waals surface area contributed by atoms with Gasteiger partial charge in [0.15, 0.2) is 0 Å². The second kappa shape index (κ2) is 9.14. The maximum Gasteiger partial charge on any atom is 0.417 e. The van der Waals surface area contributed by atoms with Crippen molar-refractivity contribution in [2.24, 2.45) is 5.92 Å². The molecule has 0 unspecified atom stereocenters. The van der Waals surface area contributed by atoms with Crippen LogP contribution in [0.15, 0.2) is 41.0 Å². The zero-order valence-electron chi connectivity index (χ0n) is 15.3. The van der Waals surface area contributed by atoms with Gasteiger partial charge in [-0.3, -0.25) is 9.59 Å². The van der Waals surface area contributed by atoms with E-state index in [1.807, 2.05) is 13.8 Å². The first-order valence-corrected chi connectivity index (χ1v) is 8.91. The molecule has 0 saturated heterocycles. The van der Waals surface area contributed by atoms with Crippen LogP contribution in [0.2, 0.25) is 5.02 Å². The molecule has 0 fully saturated rings. The molecule has 152 valence electrons. The molecular formula is C19H20ClF3N2O3. The summed E-state index contributed by atoms with van der Waals surface area (Å²) in [6.07, 6.45) is -2.96. The van der Waals surface area contributed by atoms with Crippen LogP contribution < -0.4 is 5.32 Å². The van der Waals surface area contributed by atoms with Gasteiger partial charge < -0.3 is 14.6 Å². The van der Waals surface area contributed by atoms with E-state index in [4.69, 9.17) is 16.0 Å². The molecule has 0 aliphatic rings. The molecule has 0 atom stereocenters. The number of rotatable bonds is 7. The number of amides is 2. The van der Waals surface area contributed by atoms with E-state index in [0.29, 0.717) is 5.76 Å². The van der Waals surface area contributed by atoms with E-state index in [1.165, 1.54) is 17.2 Å². The van der Waals surface area contributed by atoms with Crippen molar-refractivity contribution in [2.45, 2.75) is 33.0 Å². The minimum absolute atomic E-state index is 0.0593. The van der Waals surface area contributed by atoms with Gasteiger partial charge in [0.05, 0.1) is 23.4 Å². The number of alkyl halides is 3. The average Bonchev–Trinajstić information content (AvgIpc) is 3.07. The Morgan fingerprint density at radius 3 is 2.54 bits per heavy atom. The highest BCUT2D eigenvalue weighted by atomic mass is 35.5. The summed E-state index contributed by atoms with van der Waals surface area (Å²) in [6, 6.07) is 6.41. The number of hydrogen-bond donors (Lipinski definition) is 1. The van der Waals surface area contributed by atoms with Crippen molar-refractivity contribution in [3.8, 4) is 0 Å². The summed E-state index contributed by atoms with van der Waals surface area (Å²) < 4.78 is 44.1. The Morgan fingerprint density at radius 2 is 1.96 bits per heavy atom. The number of nitrogens with zero attached hydrogens (tertiary/aromatic N) is 1. The number of anilines is 1. The molecular weight excluding hydrogens is 397 g/mol. The highest BCUT2D eigenvalue weighted by Gasteiger charge is 2.33. The van der Waals surface area contributed by atoms with Gasteiger partial charge in [0, 0.05) is 12.1 Å². The van der Waals surface area contributed by atoms with Crippen LogP contribution >= 0.6 is 11.6 Å². The second-order valence-electron chi connectivity index (χ2n) is 6.67. The molecule has 0 bridgehead atoms. The Bertz CT molecular complexity index is 820. The molecule has 1 aromatic heterocycles. The van der Waals surface area contributed by atoms with E-state index >= 15 is 0 Å². The number of benzene rings is 1. The molecule has 2 rings (SSSR count). The fourth-order valence-electron chi connectivity index (χ4n) is 2.50. The van der Waals surface area contributed by atoms with E-state index in [1.54, 1.807) is 12.1 Å². The maximum atomic E-state index is 13.0. The Kier molecular flexibility index (Phi) is 7.12. The van der Waals surface area contributed by atoms with Crippen LogP contribution in [0.5, 0.6) is 0 Å². The van der Waals surface area contributed by atoms with Crippen LogP contribution in [0.3, 0.4) is 0 Å². The van der Waals surface area contributed by atoms with Gasteiger partial charge in [-0.25, -0.2) is 0 Å². The van der Waals surface area contributed by atoms with Crippen molar-refractivity contribution in [1.29, 1.82) is 0 Å². The van der Waals surface area contributed by atoms with E-state index in [2.05, 4.69) is 5.32 Å². The van der Waals surface area contributed by atoms with Crippen LogP contribution in [0, 0.1) is 5.92 Å². The second-order valence-corrected chi connectivity index (χ2v) is 7.07. The summed E-state index contributed by atoms with van der Waals surface area (Å²) in [6.45, 7) is 3.50. The fraction of sp³-hybridized carbons (Fsp3) is 0.368. The van der Waals surface area contributed by atoms with Gasteiger partial charge in [0.2, 0.25) is 11.8 Å². The molecule has 1 aromatic carbocycles. The monoisotopic (exact) mass is 416 g/mol. The predicted octanol–water partition coefficient (Wildman–Crippen LogP) is 4.97. The van der Waals surface area contributed by atoms with Crippen LogP contribution in [0.25, 0.3) is 0 Å². The molecule has 1 N–H and O–H groups in total. The Balaban J connectivity index is 2.11. The first-order chi connectivity index (χ1) is 13.1. The highest BCUT2D eigenvalue weighted by Crippen LogP contribution is 2.36. The molecule has 2 aromatic rings. The lowest BCUT2D eigenvalue weighted by atomic mass is 10.1. The van der Waals surface area contributed by atoms with Crippen molar-refractivity contribution in [2.75, 3.05) is 11.9 Å². The lowest BCUT2D eigenvalue weighted by Gasteiger charge is -2.22. The van der Waals surface area contributed by atoms with Gasteiger partial charge in [0.25, 0.3) is 0 Å². The van der Waals surface area contributed by atoms with Crippen LogP contribution in [-0.2, 0) is 22.3 Å². The fourth-order valence-corrected chi connectivity index (χ4v) is 2.72. The summed E-state index contributed by atoms with van der Waals surface area (Å²) >= 11 is 5.58. The number of hydrogen-bond acceptors (Lipinski definition) is 3. The molecule has 5 nitrogen and oxygen atoms in total. The summed E-state index contributed by atoms with van der Waals surface area (Å²) in [5.74, 6) is -0.302. The van der Waals surface area contributed by atoms with Crippen molar-refractivity contribution in [1.82, 2.24) is 4.90 Å². The number of carbonyl (C=O) groups excluding carboxylic acids is 2.